The highest BCUT2D eigenvalue weighted by Crippen LogP contribution is 2.19. The van der Waals surface area contributed by atoms with Gasteiger partial charge in [0.05, 0.1) is 6.54 Å². The first-order valence-corrected chi connectivity index (χ1v) is 8.00. The number of benzene rings is 1. The summed E-state index contributed by atoms with van der Waals surface area (Å²) in [5.41, 5.74) is 3.12. The van der Waals surface area contributed by atoms with Crippen molar-refractivity contribution < 1.29 is 4.79 Å². The van der Waals surface area contributed by atoms with Gasteiger partial charge in [-0.3, -0.25) is 4.79 Å². The van der Waals surface area contributed by atoms with E-state index in [2.05, 4.69) is 30.2 Å². The van der Waals surface area contributed by atoms with E-state index in [1.807, 2.05) is 38.4 Å². The van der Waals surface area contributed by atoms with E-state index >= 15 is 0 Å². The number of hydrogen-bond acceptors (Lipinski definition) is 3. The van der Waals surface area contributed by atoms with Gasteiger partial charge in [0.2, 0.25) is 0 Å². The highest BCUT2D eigenvalue weighted by Gasteiger charge is 2.13. The van der Waals surface area contributed by atoms with Gasteiger partial charge < -0.3 is 9.80 Å². The molecule has 4 heteroatoms. The van der Waals surface area contributed by atoms with Gasteiger partial charge in [-0.25, -0.2) is 0 Å². The number of carbonyl (C=O) groups excluding carboxylic acids is 1. The lowest BCUT2D eigenvalue weighted by Gasteiger charge is -2.19. The van der Waals surface area contributed by atoms with E-state index in [9.17, 15) is 4.79 Å². The number of amides is 1. The van der Waals surface area contributed by atoms with E-state index < -0.39 is 0 Å². The second-order valence-electron chi connectivity index (χ2n) is 5.25. The predicted molar refractivity (Wildman–Crippen MR) is 90.2 cm³/mol. The lowest BCUT2D eigenvalue weighted by Crippen LogP contribution is -2.26. The van der Waals surface area contributed by atoms with E-state index in [0.29, 0.717) is 6.54 Å². The molecule has 0 atom stereocenters. The maximum atomic E-state index is 12.4. The standard InChI is InChI=1S/C17H22N2OS/c1-5-18(3)15-8-6-14(7-9-15)17(20)19(4)12-16-13(2)10-11-21-16/h6-11H,5,12H2,1-4H3. The van der Waals surface area contributed by atoms with Gasteiger partial charge in [-0.05, 0) is 55.1 Å². The van der Waals surface area contributed by atoms with Crippen molar-refractivity contribution in [3.05, 3.63) is 51.7 Å². The predicted octanol–water partition coefficient (Wildman–Crippen LogP) is 3.78. The van der Waals surface area contributed by atoms with Gasteiger partial charge in [-0.1, -0.05) is 0 Å². The van der Waals surface area contributed by atoms with Crippen LogP contribution in [0.15, 0.2) is 35.7 Å². The van der Waals surface area contributed by atoms with Crippen molar-refractivity contribution in [1.82, 2.24) is 4.90 Å². The van der Waals surface area contributed by atoms with Crippen LogP contribution in [-0.4, -0.2) is 31.4 Å². The largest absolute Gasteiger partial charge is 0.375 e. The maximum absolute atomic E-state index is 12.4. The minimum atomic E-state index is 0.0634. The van der Waals surface area contributed by atoms with E-state index in [4.69, 9.17) is 0 Å². The SMILES string of the molecule is CCN(C)c1ccc(C(=O)N(C)Cc2sccc2C)cc1. The van der Waals surface area contributed by atoms with Gasteiger partial charge in [0.15, 0.2) is 0 Å². The number of nitrogens with zero attached hydrogens (tertiary/aromatic N) is 2. The Morgan fingerprint density at radius 2 is 1.81 bits per heavy atom. The number of aryl methyl sites for hydroxylation is 1. The van der Waals surface area contributed by atoms with Crippen LogP contribution in [-0.2, 0) is 6.54 Å². The molecule has 0 unspecified atom stereocenters. The molecular formula is C17H22N2OS. The highest BCUT2D eigenvalue weighted by molar-refractivity contribution is 7.10. The van der Waals surface area contributed by atoms with Gasteiger partial charge in [-0.2, -0.15) is 0 Å². The Bertz CT molecular complexity index is 604. The summed E-state index contributed by atoms with van der Waals surface area (Å²) in [5, 5.41) is 2.07. The molecule has 0 N–H and O–H groups in total. The van der Waals surface area contributed by atoms with Crippen molar-refractivity contribution >= 4 is 22.9 Å². The Balaban J connectivity index is 2.07. The van der Waals surface area contributed by atoms with Crippen molar-refractivity contribution in [3.8, 4) is 0 Å². The zero-order chi connectivity index (χ0) is 15.4. The molecule has 3 nitrogen and oxygen atoms in total. The fourth-order valence-electron chi connectivity index (χ4n) is 2.11. The minimum Gasteiger partial charge on any atom is -0.375 e. The van der Waals surface area contributed by atoms with Crippen LogP contribution < -0.4 is 4.90 Å². The topological polar surface area (TPSA) is 23.6 Å². The van der Waals surface area contributed by atoms with Crippen molar-refractivity contribution in [2.24, 2.45) is 0 Å². The lowest BCUT2D eigenvalue weighted by atomic mass is 10.1. The van der Waals surface area contributed by atoms with Crippen molar-refractivity contribution in [2.45, 2.75) is 20.4 Å². The Kier molecular flexibility index (Phi) is 5.02. The Labute approximate surface area is 130 Å². The molecule has 0 saturated carbocycles. The van der Waals surface area contributed by atoms with Gasteiger partial charge in [0.25, 0.3) is 5.91 Å². The molecule has 1 amide bonds. The van der Waals surface area contributed by atoms with Crippen LogP contribution in [0.5, 0.6) is 0 Å². The average Bonchev–Trinajstić information content (AvgIpc) is 2.91. The second-order valence-corrected chi connectivity index (χ2v) is 6.25. The monoisotopic (exact) mass is 302 g/mol. The van der Waals surface area contributed by atoms with Gasteiger partial charge >= 0.3 is 0 Å². The average molecular weight is 302 g/mol. The summed E-state index contributed by atoms with van der Waals surface area (Å²) in [5.74, 6) is 0.0634. The van der Waals surface area contributed by atoms with Crippen LogP contribution in [0.25, 0.3) is 0 Å². The first-order chi connectivity index (χ1) is 10.0. The number of hydrogen-bond donors (Lipinski definition) is 0. The molecule has 1 heterocycles. The van der Waals surface area contributed by atoms with Gasteiger partial charge in [0.1, 0.15) is 0 Å². The molecule has 112 valence electrons. The first-order valence-electron chi connectivity index (χ1n) is 7.12. The van der Waals surface area contributed by atoms with Gasteiger partial charge in [-0.15, -0.1) is 11.3 Å². The number of rotatable bonds is 5. The maximum Gasteiger partial charge on any atom is 0.253 e. The van der Waals surface area contributed by atoms with E-state index in [0.717, 1.165) is 17.8 Å². The zero-order valence-electron chi connectivity index (χ0n) is 13.1. The molecule has 0 aliphatic carbocycles. The van der Waals surface area contributed by atoms with Crippen LogP contribution in [0.3, 0.4) is 0 Å². The molecule has 0 aliphatic heterocycles. The van der Waals surface area contributed by atoms with E-state index in [1.165, 1.54) is 10.4 Å². The quantitative estimate of drug-likeness (QED) is 0.839. The Morgan fingerprint density at radius 3 is 2.33 bits per heavy atom. The Morgan fingerprint density at radius 1 is 1.14 bits per heavy atom. The molecule has 0 bridgehead atoms. The summed E-state index contributed by atoms with van der Waals surface area (Å²) < 4.78 is 0. The zero-order valence-corrected chi connectivity index (χ0v) is 13.9. The minimum absolute atomic E-state index is 0.0634. The van der Waals surface area contributed by atoms with Crippen LogP contribution in [0.4, 0.5) is 5.69 Å². The van der Waals surface area contributed by atoms with Gasteiger partial charge in [0, 0.05) is 36.8 Å². The lowest BCUT2D eigenvalue weighted by molar-refractivity contribution is 0.0786. The summed E-state index contributed by atoms with van der Waals surface area (Å²) in [6.07, 6.45) is 0. The second kappa shape index (κ2) is 6.76. The van der Waals surface area contributed by atoms with Crippen molar-refractivity contribution in [2.75, 3.05) is 25.5 Å². The third-order valence-corrected chi connectivity index (χ3v) is 4.73. The fraction of sp³-hybridized carbons (Fsp3) is 0.353. The van der Waals surface area contributed by atoms with E-state index in [1.54, 1.807) is 16.2 Å². The summed E-state index contributed by atoms with van der Waals surface area (Å²) in [7, 11) is 3.90. The van der Waals surface area contributed by atoms with Crippen LogP contribution >= 0.6 is 11.3 Å². The summed E-state index contributed by atoms with van der Waals surface area (Å²) in [4.78, 5) is 17.6. The normalized spacial score (nSPS) is 10.5. The van der Waals surface area contributed by atoms with Crippen molar-refractivity contribution in [3.63, 3.8) is 0 Å². The highest BCUT2D eigenvalue weighted by atomic mass is 32.1. The molecule has 0 spiro atoms. The molecule has 1 aromatic heterocycles. The Hall–Kier alpha value is -1.81. The third kappa shape index (κ3) is 3.64. The molecule has 21 heavy (non-hydrogen) atoms. The molecule has 2 aromatic rings. The number of anilines is 1. The smallest absolute Gasteiger partial charge is 0.253 e. The molecule has 0 radical (unpaired) electrons. The van der Waals surface area contributed by atoms with Crippen molar-refractivity contribution in [1.29, 1.82) is 0 Å². The van der Waals surface area contributed by atoms with Crippen LogP contribution in [0.2, 0.25) is 0 Å². The molecule has 0 saturated heterocycles. The fourth-order valence-corrected chi connectivity index (χ4v) is 3.07. The van der Waals surface area contributed by atoms with Crippen LogP contribution in [0, 0.1) is 6.92 Å². The first kappa shape index (κ1) is 15.6. The molecular weight excluding hydrogens is 280 g/mol. The molecule has 2 rings (SSSR count). The summed E-state index contributed by atoms with van der Waals surface area (Å²) in [6.45, 7) is 5.81. The summed E-state index contributed by atoms with van der Waals surface area (Å²) in [6, 6.07) is 9.90. The number of carbonyl (C=O) groups is 1. The molecule has 0 fully saturated rings. The molecule has 1 aromatic carbocycles. The van der Waals surface area contributed by atoms with Crippen LogP contribution in [0.1, 0.15) is 27.7 Å². The van der Waals surface area contributed by atoms with E-state index in [-0.39, 0.29) is 5.91 Å². The third-order valence-electron chi connectivity index (χ3n) is 3.73. The number of thiophene rings is 1. The molecule has 0 aliphatic rings. The summed E-state index contributed by atoms with van der Waals surface area (Å²) >= 11 is 1.70.